The second-order valence-corrected chi connectivity index (χ2v) is 12.6. The number of fused-ring (bicyclic) bond motifs is 9. The molecule has 174 valence electrons. The number of halogens is 1. The normalized spacial score (nSPS) is 20.5. The third-order valence-electron chi connectivity index (χ3n) is 6.99. The van der Waals surface area contributed by atoms with E-state index in [9.17, 15) is 13.8 Å². The maximum atomic E-state index is 14.9. The number of rotatable bonds is 2. The number of nitrogens with zero attached hydrogens (tertiary/aromatic N) is 3. The molecule has 1 amide bonds. The second-order valence-electron chi connectivity index (χ2n) is 9.41. The molecule has 5 nitrogen and oxygen atoms in total. The van der Waals surface area contributed by atoms with Crippen molar-refractivity contribution < 1.29 is 17.9 Å². The smallest absolute Gasteiger partial charge is 0.254 e. The van der Waals surface area contributed by atoms with Gasteiger partial charge in [-0.05, 0) is 60.9 Å². The topological polar surface area (TPSA) is 55.2 Å². The van der Waals surface area contributed by atoms with Gasteiger partial charge < -0.3 is 14.0 Å². The third kappa shape index (κ3) is 3.12. The summed E-state index contributed by atoms with van der Waals surface area (Å²) in [6.45, 7) is 0.377. The molecule has 3 aromatic carbocycles. The van der Waals surface area contributed by atoms with Crippen molar-refractivity contribution in [3.05, 3.63) is 82.9 Å². The first kappa shape index (κ1) is 18.6. The molecule has 3 heterocycles. The number of benzene rings is 3. The van der Waals surface area contributed by atoms with Gasteiger partial charge in [0, 0.05) is 39.5 Å². The Morgan fingerprint density at radius 2 is 1.91 bits per heavy atom. The molecular weight excluding hydrogens is 460 g/mol. The highest BCUT2D eigenvalue weighted by Crippen LogP contribution is 2.48. The van der Waals surface area contributed by atoms with Crippen molar-refractivity contribution in [3.8, 4) is 23.5 Å². The van der Waals surface area contributed by atoms with Gasteiger partial charge in [-0.25, -0.2) is 9.37 Å². The molecule has 4 aromatic rings. The molecule has 0 N–H and O–H groups in total. The zero-order valence-corrected chi connectivity index (χ0v) is 20.0. The molecule has 2 atom stereocenters. The van der Waals surface area contributed by atoms with Crippen LogP contribution in [0.15, 0.2) is 54.6 Å². The summed E-state index contributed by atoms with van der Waals surface area (Å²) < 4.78 is 53.7. The Balaban J connectivity index is 1.59. The first-order valence-electron chi connectivity index (χ1n) is 12.7. The fourth-order valence-corrected chi connectivity index (χ4v) is 6.39. The third-order valence-corrected chi connectivity index (χ3v) is 8.51. The summed E-state index contributed by atoms with van der Waals surface area (Å²) in [7, 11) is -2.77. The Hall–Kier alpha value is -3.68. The van der Waals surface area contributed by atoms with Gasteiger partial charge in [0.05, 0.1) is 23.1 Å². The molecule has 0 radical (unpaired) electrons. The van der Waals surface area contributed by atoms with Crippen LogP contribution in [0.5, 0.6) is 0 Å². The highest BCUT2D eigenvalue weighted by molar-refractivity contribution is 7.70. The molecule has 0 saturated carbocycles. The average molecular weight is 487 g/mol. The van der Waals surface area contributed by atoms with Gasteiger partial charge in [-0.2, -0.15) is 0 Å². The van der Waals surface area contributed by atoms with Gasteiger partial charge >= 0.3 is 0 Å². The van der Waals surface area contributed by atoms with Crippen LogP contribution in [-0.2, 0) is 4.57 Å². The van der Waals surface area contributed by atoms with Crippen LogP contribution in [0.3, 0.4) is 0 Å². The van der Waals surface area contributed by atoms with Crippen LogP contribution in [0, 0.1) is 18.2 Å². The lowest BCUT2D eigenvalue weighted by atomic mass is 9.93. The Bertz CT molecular complexity index is 1770. The first-order chi connectivity index (χ1) is 17.9. The summed E-state index contributed by atoms with van der Waals surface area (Å²) in [5, 5.41) is 0.200. The van der Waals surface area contributed by atoms with Crippen LogP contribution in [0.2, 0.25) is 0 Å². The van der Waals surface area contributed by atoms with Gasteiger partial charge in [0.1, 0.15) is 18.8 Å². The molecule has 0 saturated heterocycles. The predicted octanol–water partition coefficient (Wildman–Crippen LogP) is 5.19. The predicted molar refractivity (Wildman–Crippen MR) is 136 cm³/mol. The van der Waals surface area contributed by atoms with E-state index < -0.39 is 37.9 Å². The van der Waals surface area contributed by atoms with Crippen LogP contribution in [-0.4, -0.2) is 40.7 Å². The van der Waals surface area contributed by atoms with Gasteiger partial charge in [-0.15, -0.1) is 6.42 Å². The van der Waals surface area contributed by atoms with E-state index >= 15 is 0 Å². The summed E-state index contributed by atoms with van der Waals surface area (Å²) in [5.74, 6) is 2.02. The number of hydrogen-bond acceptors (Lipinski definition) is 3. The minimum atomic E-state index is -2.77. The van der Waals surface area contributed by atoms with Crippen molar-refractivity contribution >= 4 is 29.4 Å². The summed E-state index contributed by atoms with van der Waals surface area (Å²) in [4.78, 5) is 19.2. The largest absolute Gasteiger partial charge is 0.331 e. The molecule has 0 unspecified atom stereocenters. The lowest BCUT2D eigenvalue weighted by molar-refractivity contribution is 0.0734. The van der Waals surface area contributed by atoms with Crippen LogP contribution in [0.4, 0.5) is 4.39 Å². The molecule has 2 bridgehead atoms. The monoisotopic (exact) mass is 486 g/mol. The van der Waals surface area contributed by atoms with E-state index in [4.69, 9.17) is 15.5 Å². The minimum Gasteiger partial charge on any atom is -0.331 e. The maximum absolute atomic E-state index is 14.9. The number of amides is 1. The van der Waals surface area contributed by atoms with Crippen molar-refractivity contribution in [2.75, 3.05) is 20.3 Å². The van der Waals surface area contributed by atoms with Gasteiger partial charge in [0.2, 0.25) is 0 Å². The number of carbonyl (C=O) groups is 1. The standard InChI is InChI=1S/C28H23FN3O2P/c1-5-16-7-6-8-19-26(16)23-15-24(31(2)28(19)33)27-30-21-11-9-18(14-22(21)32(23)27)17-10-12-25(20(29)13-17)35(3,4)34/h1,6-14,23-24H,15H2,2-4H3/t23-,24-/m1/s1/i2D3. The summed E-state index contributed by atoms with van der Waals surface area (Å²) >= 11 is 0. The summed E-state index contributed by atoms with van der Waals surface area (Å²) in [5.41, 5.74) is 4.09. The number of terminal acetylenes is 1. The Morgan fingerprint density at radius 1 is 1.14 bits per heavy atom. The average Bonchev–Trinajstić information content (AvgIpc) is 3.34. The van der Waals surface area contributed by atoms with Crippen LogP contribution >= 0.6 is 7.14 Å². The zero-order valence-electron chi connectivity index (χ0n) is 22.1. The highest BCUT2D eigenvalue weighted by Gasteiger charge is 2.44. The molecule has 0 fully saturated rings. The maximum Gasteiger partial charge on any atom is 0.254 e. The van der Waals surface area contributed by atoms with E-state index in [1.165, 1.54) is 19.4 Å². The molecular formula is C28H23FN3O2P. The van der Waals surface area contributed by atoms with Crippen molar-refractivity contribution in [1.29, 1.82) is 0 Å². The summed E-state index contributed by atoms with van der Waals surface area (Å²) in [6, 6.07) is 14.0. The van der Waals surface area contributed by atoms with E-state index in [2.05, 4.69) is 5.92 Å². The lowest BCUT2D eigenvalue weighted by Gasteiger charge is -2.24. The SMILES string of the molecule is [2H]C([2H])([2H])N1C(=O)c2cccc(C#C)c2[C@H]2C[C@@H]1c1nc3ccc(-c4ccc(P(C)(C)=O)c(F)c4)cc3n12. The van der Waals surface area contributed by atoms with Crippen molar-refractivity contribution in [2.45, 2.75) is 18.5 Å². The Morgan fingerprint density at radius 3 is 2.63 bits per heavy atom. The van der Waals surface area contributed by atoms with E-state index in [1.807, 2.05) is 16.7 Å². The molecule has 0 aliphatic carbocycles. The van der Waals surface area contributed by atoms with Crippen LogP contribution in [0.25, 0.3) is 22.2 Å². The van der Waals surface area contributed by atoms with Crippen LogP contribution < -0.4 is 5.30 Å². The Labute approximate surface area is 207 Å². The number of carbonyl (C=O) groups excluding carboxylic acids is 1. The molecule has 6 rings (SSSR count). The molecule has 2 aliphatic rings. The molecule has 1 aromatic heterocycles. The van der Waals surface area contributed by atoms with Gasteiger partial charge in [-0.1, -0.05) is 24.1 Å². The number of imidazole rings is 1. The minimum absolute atomic E-state index is 0.200. The summed E-state index contributed by atoms with van der Waals surface area (Å²) in [6.07, 6.45) is 6.14. The highest BCUT2D eigenvalue weighted by atomic mass is 31.2. The van der Waals surface area contributed by atoms with Crippen molar-refractivity contribution in [2.24, 2.45) is 0 Å². The van der Waals surface area contributed by atoms with E-state index in [-0.39, 0.29) is 10.9 Å². The van der Waals surface area contributed by atoms with Crippen LogP contribution in [0.1, 0.15) is 49.9 Å². The quantitative estimate of drug-likeness (QED) is 0.289. The van der Waals surface area contributed by atoms with Gasteiger partial charge in [0.25, 0.3) is 5.91 Å². The molecule has 7 heteroatoms. The van der Waals surface area contributed by atoms with E-state index in [0.29, 0.717) is 34.5 Å². The molecule has 35 heavy (non-hydrogen) atoms. The van der Waals surface area contributed by atoms with E-state index in [1.54, 1.807) is 36.4 Å². The fraction of sp³-hybridized carbons (Fsp3) is 0.214. The molecule has 2 aliphatic heterocycles. The van der Waals surface area contributed by atoms with Gasteiger partial charge in [-0.3, -0.25) is 4.79 Å². The van der Waals surface area contributed by atoms with Gasteiger partial charge in [0.15, 0.2) is 0 Å². The fourth-order valence-electron chi connectivity index (χ4n) is 5.37. The number of aromatic nitrogens is 2. The number of hydrogen-bond donors (Lipinski definition) is 0. The van der Waals surface area contributed by atoms with Crippen molar-refractivity contribution in [3.63, 3.8) is 0 Å². The van der Waals surface area contributed by atoms with Crippen molar-refractivity contribution in [1.82, 2.24) is 14.5 Å². The first-order valence-corrected chi connectivity index (χ1v) is 13.8. The van der Waals surface area contributed by atoms with E-state index in [0.717, 1.165) is 16.0 Å². The lowest BCUT2D eigenvalue weighted by Crippen LogP contribution is -2.30. The zero-order chi connectivity index (χ0) is 27.1. The second kappa shape index (κ2) is 7.41. The molecule has 0 spiro atoms. The Kier molecular flexibility index (Phi) is 3.94.